The molecule has 154 valence electrons. The summed E-state index contributed by atoms with van der Waals surface area (Å²) in [6.07, 6.45) is -3.52. The van der Waals surface area contributed by atoms with Gasteiger partial charge in [-0.15, -0.1) is 18.3 Å². The summed E-state index contributed by atoms with van der Waals surface area (Å²) in [4.78, 5) is 24.7. The van der Waals surface area contributed by atoms with Crippen LogP contribution in [0.3, 0.4) is 0 Å². The number of hydrogen-bond donors (Lipinski definition) is 1. The van der Waals surface area contributed by atoms with Crippen LogP contribution in [0.4, 0.5) is 13.2 Å². The van der Waals surface area contributed by atoms with Crippen molar-refractivity contribution in [1.82, 2.24) is 19.5 Å². The van der Waals surface area contributed by atoms with Gasteiger partial charge in [0.2, 0.25) is 0 Å². The van der Waals surface area contributed by atoms with Gasteiger partial charge in [-0.05, 0) is 18.2 Å². The molecule has 0 saturated heterocycles. The molecule has 0 aliphatic heterocycles. The molecule has 1 aromatic carbocycles. The number of benzene rings is 1. The van der Waals surface area contributed by atoms with Crippen LogP contribution in [-0.4, -0.2) is 40.2 Å². The first-order valence-corrected chi connectivity index (χ1v) is 8.48. The van der Waals surface area contributed by atoms with E-state index in [-0.39, 0.29) is 24.2 Å². The number of nitrogens with one attached hydrogen (secondary N) is 1. The van der Waals surface area contributed by atoms with Gasteiger partial charge in [0, 0.05) is 25.4 Å². The van der Waals surface area contributed by atoms with Gasteiger partial charge in [-0.1, -0.05) is 18.2 Å². The molecule has 0 bridgehead atoms. The Hall–Kier alpha value is -3.34. The molecule has 2 aromatic heterocycles. The summed E-state index contributed by atoms with van der Waals surface area (Å²) in [7, 11) is 1.50. The Labute approximate surface area is 162 Å². The molecule has 0 unspecified atom stereocenters. The molecule has 2 heterocycles. The molecule has 0 spiro atoms. The van der Waals surface area contributed by atoms with Crippen LogP contribution < -0.4 is 15.7 Å². The van der Waals surface area contributed by atoms with Crippen LogP contribution in [0.2, 0.25) is 0 Å². The molecule has 3 rings (SSSR count). The lowest BCUT2D eigenvalue weighted by Crippen LogP contribution is -2.26. The van der Waals surface area contributed by atoms with Crippen LogP contribution in [0, 0.1) is 0 Å². The quantitative estimate of drug-likeness (QED) is 0.644. The third-order valence-electron chi connectivity index (χ3n) is 3.98. The number of pyridine rings is 1. The van der Waals surface area contributed by atoms with E-state index in [1.807, 2.05) is 0 Å². The zero-order chi connectivity index (χ0) is 21.0. The predicted octanol–water partition coefficient (Wildman–Crippen LogP) is 1.97. The Morgan fingerprint density at radius 2 is 1.97 bits per heavy atom. The fourth-order valence-corrected chi connectivity index (χ4v) is 2.63. The van der Waals surface area contributed by atoms with Crippen molar-refractivity contribution < 1.29 is 27.4 Å². The Kier molecular flexibility index (Phi) is 5.87. The molecule has 0 fully saturated rings. The number of carbonyl (C=O) groups is 1. The maximum atomic E-state index is 12.5. The van der Waals surface area contributed by atoms with Crippen LogP contribution in [0.25, 0.3) is 5.65 Å². The van der Waals surface area contributed by atoms with Crippen molar-refractivity contribution in [2.24, 2.45) is 0 Å². The Bertz CT molecular complexity index is 1070. The van der Waals surface area contributed by atoms with Gasteiger partial charge in [-0.25, -0.2) is 13.9 Å². The predicted molar refractivity (Wildman–Crippen MR) is 95.6 cm³/mol. The number of hydrogen-bond acceptors (Lipinski definition) is 5. The first-order valence-electron chi connectivity index (χ1n) is 8.48. The number of methoxy groups -OCH3 is 1. The first-order chi connectivity index (χ1) is 13.8. The summed E-state index contributed by atoms with van der Waals surface area (Å²) in [6, 6.07) is 8.47. The molecule has 3 aromatic rings. The van der Waals surface area contributed by atoms with Crippen molar-refractivity contribution in [3.8, 4) is 5.75 Å². The molecule has 29 heavy (non-hydrogen) atoms. The van der Waals surface area contributed by atoms with Crippen molar-refractivity contribution >= 4 is 11.6 Å². The molecule has 0 aliphatic carbocycles. The molecule has 0 atom stereocenters. The van der Waals surface area contributed by atoms with Crippen LogP contribution in [0.15, 0.2) is 47.4 Å². The monoisotopic (exact) mass is 410 g/mol. The molecule has 0 radical (unpaired) electrons. The smallest absolute Gasteiger partial charge is 0.405 e. The summed E-state index contributed by atoms with van der Waals surface area (Å²) < 4.78 is 48.8. The average Bonchev–Trinajstić information content (AvgIpc) is 2.99. The Morgan fingerprint density at radius 3 is 2.69 bits per heavy atom. The van der Waals surface area contributed by atoms with Gasteiger partial charge in [-0.3, -0.25) is 4.79 Å². The molecule has 1 N–H and O–H groups in total. The van der Waals surface area contributed by atoms with Crippen LogP contribution in [-0.2, 0) is 17.8 Å². The van der Waals surface area contributed by atoms with Crippen molar-refractivity contribution in [2.45, 2.75) is 19.5 Å². The Balaban J connectivity index is 1.76. The van der Waals surface area contributed by atoms with Crippen molar-refractivity contribution in [3.63, 3.8) is 0 Å². The van der Waals surface area contributed by atoms with Crippen LogP contribution >= 0.6 is 0 Å². The number of ether oxygens (including phenoxy) is 2. The van der Waals surface area contributed by atoms with E-state index >= 15 is 0 Å². The minimum absolute atomic E-state index is 0.153. The summed E-state index contributed by atoms with van der Waals surface area (Å²) in [5, 5.41) is 6.64. The molecule has 11 heteroatoms. The number of amides is 1. The second-order valence-corrected chi connectivity index (χ2v) is 5.98. The zero-order valence-electron chi connectivity index (χ0n) is 15.3. The summed E-state index contributed by atoms with van der Waals surface area (Å²) in [5.41, 5.74) is 0.228. The van der Waals surface area contributed by atoms with Gasteiger partial charge < -0.3 is 14.8 Å². The van der Waals surface area contributed by atoms with E-state index in [1.54, 1.807) is 0 Å². The second kappa shape index (κ2) is 8.35. The highest BCUT2D eigenvalue weighted by Crippen LogP contribution is 2.26. The molecular weight excluding hydrogens is 393 g/mol. The van der Waals surface area contributed by atoms with E-state index in [4.69, 9.17) is 4.74 Å². The second-order valence-electron chi connectivity index (χ2n) is 5.98. The minimum atomic E-state index is -4.84. The van der Waals surface area contributed by atoms with Crippen molar-refractivity contribution in [1.29, 1.82) is 0 Å². The third kappa shape index (κ3) is 4.93. The highest BCUT2D eigenvalue weighted by atomic mass is 19.4. The lowest BCUT2D eigenvalue weighted by atomic mass is 10.2. The highest BCUT2D eigenvalue weighted by Gasteiger charge is 2.32. The van der Waals surface area contributed by atoms with E-state index in [9.17, 15) is 22.8 Å². The van der Waals surface area contributed by atoms with Crippen LogP contribution in [0.5, 0.6) is 5.75 Å². The van der Waals surface area contributed by atoms with Gasteiger partial charge in [0.1, 0.15) is 5.75 Å². The third-order valence-corrected chi connectivity index (χ3v) is 3.98. The van der Waals surface area contributed by atoms with Gasteiger partial charge >= 0.3 is 12.1 Å². The number of fused-ring (bicyclic) bond motifs is 1. The highest BCUT2D eigenvalue weighted by molar-refractivity contribution is 5.94. The van der Waals surface area contributed by atoms with Gasteiger partial charge in [-0.2, -0.15) is 0 Å². The summed E-state index contributed by atoms with van der Waals surface area (Å²) in [5.74, 6) is -0.961. The fraction of sp³-hybridized carbons (Fsp3) is 0.278. The normalized spacial score (nSPS) is 11.6. The zero-order valence-corrected chi connectivity index (χ0v) is 15.3. The number of alkyl halides is 3. The van der Waals surface area contributed by atoms with E-state index in [0.717, 1.165) is 6.07 Å². The van der Waals surface area contributed by atoms with Gasteiger partial charge in [0.15, 0.2) is 5.65 Å². The SMILES string of the molecule is COCCn1nc2ccc(C(=O)NCc3ccccc3OC(F)(F)F)cn2c1=O. The average molecular weight is 410 g/mol. The molecule has 0 aliphatic rings. The molecule has 0 saturated carbocycles. The van der Waals surface area contributed by atoms with E-state index in [0.29, 0.717) is 12.3 Å². The number of halogens is 3. The fourth-order valence-electron chi connectivity index (χ4n) is 2.63. The molecule has 1 amide bonds. The number of para-hydroxylation sites is 1. The minimum Gasteiger partial charge on any atom is -0.405 e. The van der Waals surface area contributed by atoms with Crippen molar-refractivity contribution in [3.05, 3.63) is 64.2 Å². The number of carbonyl (C=O) groups excluding carboxylic acids is 1. The Morgan fingerprint density at radius 1 is 1.21 bits per heavy atom. The largest absolute Gasteiger partial charge is 0.573 e. The number of rotatable bonds is 7. The maximum absolute atomic E-state index is 12.5. The summed E-state index contributed by atoms with van der Waals surface area (Å²) >= 11 is 0. The van der Waals surface area contributed by atoms with E-state index in [1.165, 1.54) is 52.7 Å². The lowest BCUT2D eigenvalue weighted by Gasteiger charge is -2.13. The van der Waals surface area contributed by atoms with Crippen LogP contribution in [0.1, 0.15) is 15.9 Å². The maximum Gasteiger partial charge on any atom is 0.573 e. The van der Waals surface area contributed by atoms with E-state index in [2.05, 4.69) is 15.2 Å². The van der Waals surface area contributed by atoms with E-state index < -0.39 is 23.7 Å². The lowest BCUT2D eigenvalue weighted by molar-refractivity contribution is -0.274. The van der Waals surface area contributed by atoms with Crippen molar-refractivity contribution in [2.75, 3.05) is 13.7 Å². The van der Waals surface area contributed by atoms with Gasteiger partial charge in [0.25, 0.3) is 5.91 Å². The molecular formula is C18H17F3N4O4. The summed E-state index contributed by atoms with van der Waals surface area (Å²) in [6.45, 7) is 0.371. The number of aromatic nitrogens is 3. The van der Waals surface area contributed by atoms with Gasteiger partial charge in [0.05, 0.1) is 18.7 Å². The first kappa shape index (κ1) is 20.4. The number of nitrogens with zero attached hydrogens (tertiary/aromatic N) is 3. The molecule has 8 nitrogen and oxygen atoms in total. The topological polar surface area (TPSA) is 86.9 Å². The standard InChI is InChI=1S/C18H17F3N4O4/c1-28-9-8-25-17(27)24-11-13(6-7-15(24)23-25)16(26)22-10-12-4-2-3-5-14(12)29-18(19,20)21/h2-7,11H,8-10H2,1H3,(H,22,26).